The monoisotopic (exact) mass is 432 g/mol. The van der Waals surface area contributed by atoms with Crippen molar-refractivity contribution in [1.82, 2.24) is 0 Å². The summed E-state index contributed by atoms with van der Waals surface area (Å²) >= 11 is 0. The molecule has 0 fully saturated rings. The topological polar surface area (TPSA) is 55.8 Å². The van der Waals surface area contributed by atoms with E-state index in [1.165, 1.54) is 0 Å². The van der Waals surface area contributed by atoms with Crippen molar-refractivity contribution < 1.29 is 18.8 Å². The molecule has 28 heavy (non-hydrogen) atoms. The summed E-state index contributed by atoms with van der Waals surface area (Å²) in [7, 11) is -4.34. The molecule has 0 aromatic carbocycles. The van der Waals surface area contributed by atoms with Crippen LogP contribution in [0.1, 0.15) is 83.1 Å². The molecule has 0 saturated carbocycles. The van der Waals surface area contributed by atoms with E-state index in [0.29, 0.717) is 33.2 Å². The highest BCUT2D eigenvalue weighted by Crippen LogP contribution is 2.44. The van der Waals surface area contributed by atoms with Gasteiger partial charge in [-0.1, -0.05) is 83.1 Å². The number of aliphatic hydroxyl groups is 1. The Balaban J connectivity index is 5.59. The van der Waals surface area contributed by atoms with E-state index in [1.54, 1.807) is 0 Å². The molecule has 2 atom stereocenters. The lowest BCUT2D eigenvalue weighted by molar-refractivity contribution is -0.120. The largest absolute Gasteiger partial charge is 0.413 e. The quantitative estimate of drug-likeness (QED) is 0.274. The third kappa shape index (κ3) is 5.78. The summed E-state index contributed by atoms with van der Waals surface area (Å²) in [5.74, 6) is 0. The predicted octanol–water partition coefficient (Wildman–Crippen LogP) is 6.30. The minimum atomic E-state index is -2.25. The summed E-state index contributed by atoms with van der Waals surface area (Å²) in [5, 5.41) is 10.9. The number of aldehydes is 1. The zero-order chi connectivity index (χ0) is 22.4. The second kappa shape index (κ2) is 11.4. The molecule has 0 aliphatic carbocycles. The van der Waals surface area contributed by atoms with Gasteiger partial charge in [-0.25, -0.2) is 0 Å². The second-order valence-corrected chi connectivity index (χ2v) is 21.1. The van der Waals surface area contributed by atoms with E-state index in [4.69, 9.17) is 8.85 Å². The Labute approximate surface area is 177 Å². The van der Waals surface area contributed by atoms with Crippen molar-refractivity contribution in [1.29, 1.82) is 0 Å². The Morgan fingerprint density at radius 2 is 1.00 bits per heavy atom. The molecule has 0 saturated heterocycles. The number of hydrogen-bond acceptors (Lipinski definition) is 4. The van der Waals surface area contributed by atoms with Crippen molar-refractivity contribution in [3.8, 4) is 0 Å². The van der Waals surface area contributed by atoms with Gasteiger partial charge in [-0.3, -0.25) is 0 Å². The van der Waals surface area contributed by atoms with E-state index in [2.05, 4.69) is 83.1 Å². The lowest BCUT2D eigenvalue weighted by Crippen LogP contribution is -2.55. The van der Waals surface area contributed by atoms with Crippen molar-refractivity contribution in [2.75, 3.05) is 6.61 Å². The van der Waals surface area contributed by atoms with E-state index in [-0.39, 0.29) is 6.61 Å². The molecule has 168 valence electrons. The molecule has 0 rings (SSSR count). The van der Waals surface area contributed by atoms with Crippen molar-refractivity contribution in [2.24, 2.45) is 0 Å². The summed E-state index contributed by atoms with van der Waals surface area (Å²) in [5.41, 5.74) is 2.39. The fourth-order valence-electron chi connectivity index (χ4n) is 5.67. The SMILES string of the molecule is CC(C)[Si](OC[C@@H](O)[C@H](C=O)O[Si](C(C)C)(C(C)C)C(C)C)(C(C)C)C(C)C. The maximum atomic E-state index is 11.9. The standard InChI is InChI=1S/C22H48O4Si2/c1-15(2)27(16(3)4,17(5)6)25-14-21(24)22(13-23)26-28(18(7)8,19(9)10)20(11)12/h13,15-22,24H,14H2,1-12H3/t21-,22+/m1/s1. The first-order chi connectivity index (χ1) is 12.7. The van der Waals surface area contributed by atoms with Gasteiger partial charge in [0.2, 0.25) is 8.32 Å². The first kappa shape index (κ1) is 28.0. The van der Waals surface area contributed by atoms with E-state index in [9.17, 15) is 9.90 Å². The third-order valence-corrected chi connectivity index (χ3v) is 18.9. The van der Waals surface area contributed by atoms with Gasteiger partial charge < -0.3 is 18.8 Å². The number of hydrogen-bond donors (Lipinski definition) is 1. The van der Waals surface area contributed by atoms with E-state index < -0.39 is 28.8 Å². The van der Waals surface area contributed by atoms with E-state index >= 15 is 0 Å². The van der Waals surface area contributed by atoms with Crippen LogP contribution in [0.3, 0.4) is 0 Å². The van der Waals surface area contributed by atoms with Crippen LogP contribution < -0.4 is 0 Å². The molecule has 0 aromatic rings. The second-order valence-electron chi connectivity index (χ2n) is 10.2. The highest BCUT2D eigenvalue weighted by molar-refractivity contribution is 6.78. The van der Waals surface area contributed by atoms with Gasteiger partial charge in [-0.2, -0.15) is 0 Å². The molecule has 0 amide bonds. The van der Waals surface area contributed by atoms with Crippen molar-refractivity contribution >= 4 is 22.9 Å². The lowest BCUT2D eigenvalue weighted by atomic mass is 10.2. The minimum Gasteiger partial charge on any atom is -0.413 e. The molecule has 0 heterocycles. The minimum absolute atomic E-state index is 0.170. The molecule has 0 aromatic heterocycles. The number of carbonyl (C=O) groups is 1. The number of rotatable bonds is 13. The molecular formula is C22H48O4Si2. The summed E-state index contributed by atoms with van der Waals surface area (Å²) in [6, 6.07) is 0. The fourth-order valence-corrected chi connectivity index (χ4v) is 16.6. The van der Waals surface area contributed by atoms with E-state index in [1.807, 2.05) is 0 Å². The Kier molecular flexibility index (Phi) is 11.4. The summed E-state index contributed by atoms with van der Waals surface area (Å²) in [6.07, 6.45) is -0.965. The van der Waals surface area contributed by atoms with Crippen molar-refractivity contribution in [3.63, 3.8) is 0 Å². The van der Waals surface area contributed by atoms with Crippen LogP contribution in [-0.2, 0) is 13.6 Å². The Morgan fingerprint density at radius 3 is 1.25 bits per heavy atom. The van der Waals surface area contributed by atoms with Gasteiger partial charge in [0.05, 0.1) is 6.61 Å². The van der Waals surface area contributed by atoms with Gasteiger partial charge in [0.1, 0.15) is 18.5 Å². The van der Waals surface area contributed by atoms with Crippen LogP contribution in [0.25, 0.3) is 0 Å². The molecule has 6 heteroatoms. The van der Waals surface area contributed by atoms with Gasteiger partial charge in [0.25, 0.3) is 0 Å². The van der Waals surface area contributed by atoms with Crippen LogP contribution in [0.15, 0.2) is 0 Å². The molecule has 4 nitrogen and oxygen atoms in total. The van der Waals surface area contributed by atoms with Crippen LogP contribution in [0, 0.1) is 0 Å². The smallest absolute Gasteiger partial charge is 0.201 e. The van der Waals surface area contributed by atoms with Crippen molar-refractivity contribution in [3.05, 3.63) is 0 Å². The average molecular weight is 433 g/mol. The van der Waals surface area contributed by atoms with Gasteiger partial charge in [0, 0.05) is 0 Å². The van der Waals surface area contributed by atoms with Crippen LogP contribution in [-0.4, -0.2) is 46.8 Å². The summed E-state index contributed by atoms with van der Waals surface area (Å²) < 4.78 is 13.1. The summed E-state index contributed by atoms with van der Waals surface area (Å²) in [6.45, 7) is 26.6. The Bertz CT molecular complexity index is 418. The van der Waals surface area contributed by atoms with E-state index in [0.717, 1.165) is 6.29 Å². The van der Waals surface area contributed by atoms with Crippen LogP contribution in [0.5, 0.6) is 0 Å². The Morgan fingerprint density at radius 1 is 0.679 bits per heavy atom. The van der Waals surface area contributed by atoms with Crippen LogP contribution >= 0.6 is 0 Å². The zero-order valence-electron chi connectivity index (χ0n) is 20.6. The van der Waals surface area contributed by atoms with Crippen LogP contribution in [0.2, 0.25) is 33.2 Å². The zero-order valence-corrected chi connectivity index (χ0v) is 22.6. The van der Waals surface area contributed by atoms with Gasteiger partial charge in [0.15, 0.2) is 8.32 Å². The molecule has 0 spiro atoms. The number of carbonyl (C=O) groups excluding carboxylic acids is 1. The molecule has 0 aliphatic rings. The molecule has 1 N–H and O–H groups in total. The maximum absolute atomic E-state index is 11.9. The summed E-state index contributed by atoms with van der Waals surface area (Å²) in [4.78, 5) is 11.9. The number of aliphatic hydroxyl groups excluding tert-OH is 1. The highest BCUT2D eigenvalue weighted by atomic mass is 28.4. The average Bonchev–Trinajstić information content (AvgIpc) is 2.54. The van der Waals surface area contributed by atoms with Gasteiger partial charge in [-0.15, -0.1) is 0 Å². The van der Waals surface area contributed by atoms with Crippen LogP contribution in [0.4, 0.5) is 0 Å². The molecule has 0 aliphatic heterocycles. The van der Waals surface area contributed by atoms with Gasteiger partial charge in [-0.05, 0) is 33.2 Å². The highest BCUT2D eigenvalue weighted by Gasteiger charge is 2.49. The first-order valence-corrected chi connectivity index (χ1v) is 15.4. The first-order valence-electron chi connectivity index (χ1n) is 11.2. The molecule has 0 radical (unpaired) electrons. The maximum Gasteiger partial charge on any atom is 0.201 e. The lowest BCUT2D eigenvalue weighted by Gasteiger charge is -2.45. The molecule has 0 unspecified atom stereocenters. The van der Waals surface area contributed by atoms with Crippen molar-refractivity contribution in [2.45, 2.75) is 129 Å². The Hall–Kier alpha value is -0.0162. The normalized spacial score (nSPS) is 16.1. The fraction of sp³-hybridized carbons (Fsp3) is 0.955. The molecular weight excluding hydrogens is 384 g/mol. The molecule has 0 bridgehead atoms. The predicted molar refractivity (Wildman–Crippen MR) is 125 cm³/mol. The third-order valence-electron chi connectivity index (χ3n) is 6.77. The van der Waals surface area contributed by atoms with Gasteiger partial charge >= 0.3 is 0 Å².